The molecule has 1 rings (SSSR count). The lowest BCUT2D eigenvalue weighted by molar-refractivity contribution is -0.131. The number of benzene rings is 1. The van der Waals surface area contributed by atoms with E-state index in [9.17, 15) is 19.2 Å². The third-order valence-corrected chi connectivity index (χ3v) is 5.39. The molecular formula is C29H45N3O5. The molecule has 8 nitrogen and oxygen atoms in total. The van der Waals surface area contributed by atoms with Gasteiger partial charge in [-0.1, -0.05) is 64.6 Å². The second-order valence-corrected chi connectivity index (χ2v) is 11.4. The second-order valence-electron chi connectivity index (χ2n) is 11.4. The van der Waals surface area contributed by atoms with Crippen LogP contribution in [0.4, 0.5) is 4.79 Å². The number of carbonyl (C=O) groups is 4. The first-order valence-corrected chi connectivity index (χ1v) is 12.9. The standard InChI is InChI=1S/C29H45N3O5/c1-18(2)15-22(25(33)20(5)6)30-27(35)24(17-21-13-11-10-12-14-21)31-26(34)23(16-19(3)4)32-28(36)37-29(7,8)9/h10-14,18-19,22-24H,5,15-17H2,1-4,6-9H3,(H,30,35)(H,31,34)(H,32,36)/t22-,23-,24-/m0/s1. The Kier molecular flexibility index (Phi) is 12.5. The number of alkyl carbamates (subject to hydrolysis) is 1. The minimum absolute atomic E-state index is 0.0932. The first-order chi connectivity index (χ1) is 17.1. The van der Waals surface area contributed by atoms with E-state index in [1.807, 2.05) is 58.0 Å². The summed E-state index contributed by atoms with van der Waals surface area (Å²) in [6, 6.07) is 6.69. The summed E-state index contributed by atoms with van der Waals surface area (Å²) in [6.45, 7) is 18.4. The smallest absolute Gasteiger partial charge is 0.408 e. The molecule has 0 aliphatic heterocycles. The number of hydrogen-bond acceptors (Lipinski definition) is 5. The Morgan fingerprint density at radius 1 is 0.811 bits per heavy atom. The molecule has 0 unspecified atom stereocenters. The van der Waals surface area contributed by atoms with Crippen molar-refractivity contribution in [3.8, 4) is 0 Å². The lowest BCUT2D eigenvalue weighted by Gasteiger charge is -2.27. The van der Waals surface area contributed by atoms with Crippen molar-refractivity contribution in [1.82, 2.24) is 16.0 Å². The first-order valence-electron chi connectivity index (χ1n) is 12.9. The van der Waals surface area contributed by atoms with E-state index in [2.05, 4.69) is 22.5 Å². The maximum absolute atomic E-state index is 13.4. The molecule has 37 heavy (non-hydrogen) atoms. The molecule has 0 fully saturated rings. The predicted molar refractivity (Wildman–Crippen MR) is 146 cm³/mol. The van der Waals surface area contributed by atoms with E-state index in [0.29, 0.717) is 18.4 Å². The molecule has 0 saturated carbocycles. The van der Waals surface area contributed by atoms with Crippen molar-refractivity contribution in [3.05, 3.63) is 48.0 Å². The topological polar surface area (TPSA) is 114 Å². The van der Waals surface area contributed by atoms with Crippen molar-refractivity contribution in [2.24, 2.45) is 11.8 Å². The Bertz CT molecular complexity index is 935. The largest absolute Gasteiger partial charge is 0.444 e. The van der Waals surface area contributed by atoms with E-state index in [-0.39, 0.29) is 24.0 Å². The molecule has 1 aromatic rings. The van der Waals surface area contributed by atoms with E-state index >= 15 is 0 Å². The summed E-state index contributed by atoms with van der Waals surface area (Å²) in [5.41, 5.74) is 0.475. The van der Waals surface area contributed by atoms with Crippen LogP contribution in [0.3, 0.4) is 0 Å². The fourth-order valence-electron chi connectivity index (χ4n) is 3.76. The highest BCUT2D eigenvalue weighted by Gasteiger charge is 2.31. The number of hydrogen-bond donors (Lipinski definition) is 3. The van der Waals surface area contributed by atoms with Crippen molar-refractivity contribution in [2.75, 3.05) is 0 Å². The van der Waals surface area contributed by atoms with Gasteiger partial charge >= 0.3 is 6.09 Å². The van der Waals surface area contributed by atoms with Gasteiger partial charge in [0.25, 0.3) is 0 Å². The van der Waals surface area contributed by atoms with Gasteiger partial charge in [-0.15, -0.1) is 0 Å². The van der Waals surface area contributed by atoms with Crippen molar-refractivity contribution < 1.29 is 23.9 Å². The fraction of sp³-hybridized carbons (Fsp3) is 0.586. The van der Waals surface area contributed by atoms with Gasteiger partial charge in [-0.2, -0.15) is 0 Å². The summed E-state index contributed by atoms with van der Waals surface area (Å²) in [5, 5.41) is 8.28. The third-order valence-electron chi connectivity index (χ3n) is 5.39. The lowest BCUT2D eigenvalue weighted by Crippen LogP contribution is -2.57. The molecule has 0 aliphatic rings. The molecule has 0 spiro atoms. The van der Waals surface area contributed by atoms with Gasteiger partial charge in [0.15, 0.2) is 5.78 Å². The highest BCUT2D eigenvalue weighted by molar-refractivity contribution is 6.01. The summed E-state index contributed by atoms with van der Waals surface area (Å²) in [4.78, 5) is 51.9. The quantitative estimate of drug-likeness (QED) is 0.339. The Balaban J connectivity index is 3.19. The number of nitrogens with one attached hydrogen (secondary N) is 3. The zero-order valence-electron chi connectivity index (χ0n) is 23.6. The van der Waals surface area contributed by atoms with E-state index in [1.165, 1.54) is 0 Å². The van der Waals surface area contributed by atoms with Gasteiger partial charge in [-0.3, -0.25) is 14.4 Å². The molecule has 8 heteroatoms. The van der Waals surface area contributed by atoms with E-state index in [0.717, 1.165) is 5.56 Å². The normalized spacial score (nSPS) is 13.9. The van der Waals surface area contributed by atoms with Crippen molar-refractivity contribution >= 4 is 23.7 Å². The molecule has 0 aromatic heterocycles. The lowest BCUT2D eigenvalue weighted by atomic mass is 9.96. The maximum Gasteiger partial charge on any atom is 0.408 e. The summed E-state index contributed by atoms with van der Waals surface area (Å²) in [6.07, 6.45) is 0.310. The van der Waals surface area contributed by atoms with E-state index in [1.54, 1.807) is 27.7 Å². The molecule has 0 aliphatic carbocycles. The molecule has 1 aromatic carbocycles. The number of rotatable bonds is 13. The summed E-state index contributed by atoms with van der Waals surface area (Å²) >= 11 is 0. The Morgan fingerprint density at radius 3 is 1.78 bits per heavy atom. The van der Waals surface area contributed by atoms with Crippen LogP contribution in [0.2, 0.25) is 0 Å². The van der Waals surface area contributed by atoms with Crippen LogP contribution in [-0.4, -0.2) is 47.4 Å². The van der Waals surface area contributed by atoms with E-state index in [4.69, 9.17) is 4.74 Å². The molecule has 0 heterocycles. The van der Waals surface area contributed by atoms with Crippen LogP contribution in [-0.2, 0) is 25.5 Å². The molecule has 0 radical (unpaired) electrons. The third kappa shape index (κ3) is 12.6. The van der Waals surface area contributed by atoms with Crippen LogP contribution in [0, 0.1) is 11.8 Å². The number of amides is 3. The average Bonchev–Trinajstić information content (AvgIpc) is 2.75. The van der Waals surface area contributed by atoms with Gasteiger partial charge in [0.05, 0.1) is 6.04 Å². The SMILES string of the molecule is C=C(C)C(=O)[C@H](CC(C)C)NC(=O)[C@H](Cc1ccccc1)NC(=O)[C@H](CC(C)C)NC(=O)OC(C)(C)C. The van der Waals surface area contributed by atoms with Crippen molar-refractivity contribution in [1.29, 1.82) is 0 Å². The highest BCUT2D eigenvalue weighted by atomic mass is 16.6. The van der Waals surface area contributed by atoms with Crippen LogP contribution in [0.25, 0.3) is 0 Å². The highest BCUT2D eigenvalue weighted by Crippen LogP contribution is 2.13. The number of carbonyl (C=O) groups excluding carboxylic acids is 4. The minimum atomic E-state index is -0.961. The average molecular weight is 516 g/mol. The summed E-state index contributed by atoms with van der Waals surface area (Å²) in [5.74, 6) is -0.962. The molecule has 3 atom stereocenters. The van der Waals surface area contributed by atoms with Gasteiger partial charge in [-0.05, 0) is 63.5 Å². The van der Waals surface area contributed by atoms with Gasteiger partial charge in [0.1, 0.15) is 17.7 Å². The maximum atomic E-state index is 13.4. The number of ether oxygens (including phenoxy) is 1. The van der Waals surface area contributed by atoms with Gasteiger partial charge in [0.2, 0.25) is 11.8 Å². The summed E-state index contributed by atoms with van der Waals surface area (Å²) < 4.78 is 5.33. The predicted octanol–water partition coefficient (Wildman–Crippen LogP) is 4.33. The first kappa shape index (κ1) is 31.9. The minimum Gasteiger partial charge on any atom is -0.444 e. The van der Waals surface area contributed by atoms with Crippen LogP contribution >= 0.6 is 0 Å². The Hall–Kier alpha value is -3.16. The zero-order valence-corrected chi connectivity index (χ0v) is 23.6. The van der Waals surface area contributed by atoms with Gasteiger partial charge in [-0.25, -0.2) is 4.79 Å². The number of Topliss-reactive ketones (excluding diaryl/α,β-unsaturated/α-hetero) is 1. The molecule has 0 saturated heterocycles. The van der Waals surface area contributed by atoms with Gasteiger partial charge < -0.3 is 20.7 Å². The number of ketones is 1. The van der Waals surface area contributed by atoms with Crippen LogP contribution in [0.1, 0.15) is 73.8 Å². The van der Waals surface area contributed by atoms with Crippen molar-refractivity contribution in [3.63, 3.8) is 0 Å². The molecular weight excluding hydrogens is 470 g/mol. The zero-order chi connectivity index (χ0) is 28.3. The molecule has 0 bridgehead atoms. The Morgan fingerprint density at radius 2 is 1.30 bits per heavy atom. The molecule has 206 valence electrons. The summed E-state index contributed by atoms with van der Waals surface area (Å²) in [7, 11) is 0. The fourth-order valence-corrected chi connectivity index (χ4v) is 3.76. The second kappa shape index (κ2) is 14.5. The van der Waals surface area contributed by atoms with E-state index < -0.39 is 41.6 Å². The van der Waals surface area contributed by atoms with Gasteiger partial charge in [0, 0.05) is 6.42 Å². The van der Waals surface area contributed by atoms with Crippen LogP contribution in [0.5, 0.6) is 0 Å². The van der Waals surface area contributed by atoms with Crippen LogP contribution < -0.4 is 16.0 Å². The monoisotopic (exact) mass is 515 g/mol. The van der Waals surface area contributed by atoms with Crippen LogP contribution in [0.15, 0.2) is 42.5 Å². The molecule has 3 N–H and O–H groups in total. The Labute approximate surface area is 222 Å². The van der Waals surface area contributed by atoms with Crippen molar-refractivity contribution in [2.45, 2.75) is 98.4 Å². The molecule has 3 amide bonds.